The molecule has 0 aromatic carbocycles. The summed E-state index contributed by atoms with van der Waals surface area (Å²) in [6, 6.07) is 0. The summed E-state index contributed by atoms with van der Waals surface area (Å²) < 4.78 is 0. The summed E-state index contributed by atoms with van der Waals surface area (Å²) in [5.41, 5.74) is 0. The monoisotopic (exact) mass is 149 g/mol. The van der Waals surface area contributed by atoms with Crippen LogP contribution in [0, 0.1) is 17.8 Å². The van der Waals surface area contributed by atoms with Crippen molar-refractivity contribution in [3.05, 3.63) is 12.3 Å². The van der Waals surface area contributed by atoms with Gasteiger partial charge >= 0.3 is 0 Å². The Morgan fingerprint density at radius 3 is 3.09 bits per heavy atom. The van der Waals surface area contributed by atoms with Crippen molar-refractivity contribution in [3.63, 3.8) is 0 Å². The molecule has 0 spiro atoms. The highest BCUT2D eigenvalue weighted by atomic mass is 14.8. The Bertz CT molecular complexity index is 183. The van der Waals surface area contributed by atoms with E-state index < -0.39 is 0 Å². The van der Waals surface area contributed by atoms with Crippen LogP contribution in [0.5, 0.6) is 0 Å². The predicted molar refractivity (Wildman–Crippen MR) is 47.9 cm³/mol. The van der Waals surface area contributed by atoms with Crippen LogP contribution in [0.4, 0.5) is 0 Å². The molecule has 1 nitrogen and oxygen atoms in total. The molecule has 11 heavy (non-hydrogen) atoms. The molecule has 0 radical (unpaired) electrons. The van der Waals surface area contributed by atoms with E-state index in [0.29, 0.717) is 5.92 Å². The van der Waals surface area contributed by atoms with Gasteiger partial charge in [-0.05, 0) is 18.5 Å². The van der Waals surface area contributed by atoms with Crippen LogP contribution in [-0.4, -0.2) is 6.54 Å². The van der Waals surface area contributed by atoms with Gasteiger partial charge < -0.3 is 5.32 Å². The summed E-state index contributed by atoms with van der Waals surface area (Å²) in [4.78, 5) is 0. The molecular weight excluding hydrogens is 134 g/mol. The van der Waals surface area contributed by atoms with Crippen LogP contribution in [0.1, 0.15) is 26.2 Å². The highest BCUT2D eigenvalue weighted by Gasteiger charge is 2.04. The third-order valence-corrected chi connectivity index (χ3v) is 1.81. The fourth-order valence-corrected chi connectivity index (χ4v) is 1.15. The van der Waals surface area contributed by atoms with Crippen molar-refractivity contribution in [2.45, 2.75) is 26.2 Å². The van der Waals surface area contributed by atoms with Crippen molar-refractivity contribution in [3.8, 4) is 11.8 Å². The molecule has 1 heterocycles. The van der Waals surface area contributed by atoms with E-state index in [1.807, 2.05) is 6.20 Å². The van der Waals surface area contributed by atoms with Crippen molar-refractivity contribution >= 4 is 0 Å². The van der Waals surface area contributed by atoms with E-state index in [9.17, 15) is 0 Å². The summed E-state index contributed by atoms with van der Waals surface area (Å²) in [5.74, 6) is 6.96. The highest BCUT2D eigenvalue weighted by molar-refractivity contribution is 5.03. The summed E-state index contributed by atoms with van der Waals surface area (Å²) >= 11 is 0. The topological polar surface area (TPSA) is 12.0 Å². The molecule has 60 valence electrons. The van der Waals surface area contributed by atoms with Gasteiger partial charge in [0.2, 0.25) is 0 Å². The van der Waals surface area contributed by atoms with E-state index in [1.165, 1.54) is 6.42 Å². The Labute approximate surface area is 68.9 Å². The smallest absolute Gasteiger partial charge is 0.0153 e. The van der Waals surface area contributed by atoms with Crippen LogP contribution < -0.4 is 5.32 Å². The number of rotatable bonds is 1. The molecule has 0 bridgehead atoms. The van der Waals surface area contributed by atoms with E-state index in [-0.39, 0.29) is 0 Å². The number of hydrogen-bond donors (Lipinski definition) is 1. The van der Waals surface area contributed by atoms with Gasteiger partial charge in [-0.2, -0.15) is 0 Å². The molecule has 1 N–H and O–H groups in total. The fourth-order valence-electron chi connectivity index (χ4n) is 1.15. The third kappa shape index (κ3) is 3.13. The Kier molecular flexibility index (Phi) is 3.61. The molecule has 0 fully saturated rings. The molecule has 1 heteroatoms. The molecule has 0 saturated carbocycles. The van der Waals surface area contributed by atoms with Gasteiger partial charge in [0.15, 0.2) is 0 Å². The molecule has 0 aromatic rings. The quantitative estimate of drug-likeness (QED) is 0.562. The van der Waals surface area contributed by atoms with Crippen molar-refractivity contribution in [2.24, 2.45) is 5.92 Å². The second-order valence-corrected chi connectivity index (χ2v) is 2.77. The van der Waals surface area contributed by atoms with Crippen LogP contribution in [-0.2, 0) is 0 Å². The number of hydrogen-bond acceptors (Lipinski definition) is 1. The average molecular weight is 149 g/mol. The zero-order chi connectivity index (χ0) is 7.94. The lowest BCUT2D eigenvalue weighted by Gasteiger charge is -2.14. The van der Waals surface area contributed by atoms with Gasteiger partial charge in [0.1, 0.15) is 0 Å². The molecule has 0 amide bonds. The summed E-state index contributed by atoms with van der Waals surface area (Å²) in [6.07, 6.45) is 7.51. The number of allylic oxidation sites excluding steroid dienone is 1. The molecule has 1 aliphatic rings. The van der Waals surface area contributed by atoms with Crippen LogP contribution in [0.15, 0.2) is 12.3 Å². The number of nitrogens with one attached hydrogen (secondary N) is 1. The van der Waals surface area contributed by atoms with Gasteiger partial charge in [0.25, 0.3) is 0 Å². The Morgan fingerprint density at radius 2 is 2.45 bits per heavy atom. The van der Waals surface area contributed by atoms with E-state index in [1.54, 1.807) is 0 Å². The van der Waals surface area contributed by atoms with Gasteiger partial charge in [0, 0.05) is 19.4 Å². The van der Waals surface area contributed by atoms with Crippen LogP contribution in [0.25, 0.3) is 0 Å². The second-order valence-electron chi connectivity index (χ2n) is 2.77. The van der Waals surface area contributed by atoms with Crippen LogP contribution in [0.2, 0.25) is 0 Å². The summed E-state index contributed by atoms with van der Waals surface area (Å²) in [7, 11) is 0. The summed E-state index contributed by atoms with van der Waals surface area (Å²) in [6.45, 7) is 3.19. The Balaban J connectivity index is 2.25. The maximum Gasteiger partial charge on any atom is 0.0153 e. The molecule has 1 unspecified atom stereocenters. The first-order valence-electron chi connectivity index (χ1n) is 4.29. The van der Waals surface area contributed by atoms with Crippen LogP contribution >= 0.6 is 0 Å². The zero-order valence-electron chi connectivity index (χ0n) is 7.06. The normalized spacial score (nSPS) is 21.7. The molecule has 1 rings (SSSR count). The first-order chi connectivity index (χ1) is 5.43. The minimum Gasteiger partial charge on any atom is -0.391 e. The minimum atomic E-state index is 0.690. The molecule has 0 aliphatic carbocycles. The van der Waals surface area contributed by atoms with Crippen molar-refractivity contribution in [1.82, 2.24) is 5.32 Å². The first kappa shape index (κ1) is 8.20. The largest absolute Gasteiger partial charge is 0.391 e. The van der Waals surface area contributed by atoms with Gasteiger partial charge in [-0.15, -0.1) is 11.8 Å². The van der Waals surface area contributed by atoms with Gasteiger partial charge in [-0.25, -0.2) is 0 Å². The molecule has 0 aromatic heterocycles. The highest BCUT2D eigenvalue weighted by Crippen LogP contribution is 2.11. The maximum absolute atomic E-state index is 3.18. The fraction of sp³-hybridized carbons (Fsp3) is 0.600. The Hall–Kier alpha value is -0.900. The van der Waals surface area contributed by atoms with Gasteiger partial charge in [-0.3, -0.25) is 0 Å². The lowest BCUT2D eigenvalue weighted by molar-refractivity contribution is 0.559. The van der Waals surface area contributed by atoms with Gasteiger partial charge in [0.05, 0.1) is 0 Å². The maximum atomic E-state index is 3.18. The molecule has 1 aliphatic heterocycles. The van der Waals surface area contributed by atoms with Crippen molar-refractivity contribution < 1.29 is 0 Å². The molecular formula is C10H15N. The standard InChI is InChI=1S/C10H15N/c1-2-3-4-5-10-6-8-11-9-7-10/h6,8,10-11H,2,5,7,9H2,1H3. The SMILES string of the molecule is CCC#CCC1C=CNCC1. The Morgan fingerprint density at radius 1 is 1.55 bits per heavy atom. The van der Waals surface area contributed by atoms with E-state index in [0.717, 1.165) is 19.4 Å². The second kappa shape index (κ2) is 4.85. The zero-order valence-corrected chi connectivity index (χ0v) is 7.06. The predicted octanol–water partition coefficient (Wildman–Crippen LogP) is 1.91. The first-order valence-corrected chi connectivity index (χ1v) is 4.29. The van der Waals surface area contributed by atoms with Crippen molar-refractivity contribution in [1.29, 1.82) is 0 Å². The van der Waals surface area contributed by atoms with E-state index >= 15 is 0 Å². The lowest BCUT2D eigenvalue weighted by Crippen LogP contribution is -2.16. The lowest BCUT2D eigenvalue weighted by atomic mass is 10.00. The third-order valence-electron chi connectivity index (χ3n) is 1.81. The van der Waals surface area contributed by atoms with E-state index in [4.69, 9.17) is 0 Å². The van der Waals surface area contributed by atoms with Crippen LogP contribution in [0.3, 0.4) is 0 Å². The molecule has 0 saturated heterocycles. The van der Waals surface area contributed by atoms with Crippen molar-refractivity contribution in [2.75, 3.05) is 6.54 Å². The average Bonchev–Trinajstić information content (AvgIpc) is 2.07. The van der Waals surface area contributed by atoms with E-state index in [2.05, 4.69) is 30.2 Å². The minimum absolute atomic E-state index is 0.690. The molecule has 1 atom stereocenters. The van der Waals surface area contributed by atoms with Gasteiger partial charge in [-0.1, -0.05) is 13.0 Å². The summed E-state index contributed by atoms with van der Waals surface area (Å²) in [5, 5.41) is 3.18.